The molecule has 30 heavy (non-hydrogen) atoms. The van der Waals surface area contributed by atoms with Crippen molar-refractivity contribution in [2.75, 3.05) is 11.9 Å². The Bertz CT molecular complexity index is 1090. The Labute approximate surface area is 176 Å². The van der Waals surface area contributed by atoms with Crippen molar-refractivity contribution in [1.29, 1.82) is 0 Å². The average molecular weight is 453 g/mol. The minimum Gasteiger partial charge on any atom is -0.326 e. The number of sulfonamides is 1. The molecular weight excluding hydrogens is 436 g/mol. The van der Waals surface area contributed by atoms with E-state index < -0.39 is 38.7 Å². The molecule has 0 spiro atoms. The first kappa shape index (κ1) is 21.9. The number of carbonyl (C=O) groups is 2. The zero-order valence-corrected chi connectivity index (χ0v) is 17.3. The summed E-state index contributed by atoms with van der Waals surface area (Å²) in [6, 6.07) is 9.32. The van der Waals surface area contributed by atoms with Crippen LogP contribution in [0, 0.1) is 11.6 Å². The van der Waals surface area contributed by atoms with Crippen LogP contribution >= 0.6 is 11.8 Å². The largest absolute Gasteiger partial charge is 0.326 e. The topological polar surface area (TPSA) is 95.9 Å². The average Bonchev–Trinajstić information content (AvgIpc) is 2.97. The Morgan fingerprint density at radius 3 is 2.23 bits per heavy atom. The van der Waals surface area contributed by atoms with Crippen LogP contribution in [0.4, 0.5) is 14.5 Å². The SMILES string of the molecule is CCN1C(=O)C(CC(=O)Nc2ccc(F)cc2)S/C1=N/S(=O)(=O)c1ccc(F)cc1. The first-order valence-corrected chi connectivity index (χ1v) is 11.2. The highest BCUT2D eigenvalue weighted by atomic mass is 32.2. The van der Waals surface area contributed by atoms with Crippen molar-refractivity contribution in [2.24, 2.45) is 4.40 Å². The van der Waals surface area contributed by atoms with Crippen LogP contribution in [-0.4, -0.2) is 42.1 Å². The predicted octanol–water partition coefficient (Wildman–Crippen LogP) is 3.00. The number of benzene rings is 2. The van der Waals surface area contributed by atoms with Gasteiger partial charge in [0.2, 0.25) is 11.8 Å². The molecule has 2 amide bonds. The highest BCUT2D eigenvalue weighted by Crippen LogP contribution is 2.31. The molecule has 0 saturated carbocycles. The summed E-state index contributed by atoms with van der Waals surface area (Å²) in [5.74, 6) is -1.96. The van der Waals surface area contributed by atoms with Gasteiger partial charge in [0.05, 0.1) is 4.90 Å². The van der Waals surface area contributed by atoms with Crippen LogP contribution in [0.5, 0.6) is 0 Å². The molecular formula is C19H17F2N3O4S2. The van der Waals surface area contributed by atoms with E-state index in [2.05, 4.69) is 9.71 Å². The monoisotopic (exact) mass is 453 g/mol. The van der Waals surface area contributed by atoms with Crippen molar-refractivity contribution in [3.8, 4) is 0 Å². The molecule has 1 fully saturated rings. The normalized spacial score (nSPS) is 18.1. The van der Waals surface area contributed by atoms with Gasteiger partial charge in [0.25, 0.3) is 10.0 Å². The van der Waals surface area contributed by atoms with E-state index in [1.54, 1.807) is 6.92 Å². The molecule has 0 aromatic heterocycles. The number of carbonyl (C=O) groups excluding carboxylic acids is 2. The molecule has 158 valence electrons. The van der Waals surface area contributed by atoms with Gasteiger partial charge in [-0.3, -0.25) is 14.5 Å². The van der Waals surface area contributed by atoms with Gasteiger partial charge in [0.1, 0.15) is 16.9 Å². The van der Waals surface area contributed by atoms with Gasteiger partial charge in [0, 0.05) is 18.7 Å². The number of anilines is 1. The third-order valence-corrected chi connectivity index (χ3v) is 6.72. The molecule has 3 rings (SSSR count). The fourth-order valence-electron chi connectivity index (χ4n) is 2.68. The molecule has 1 saturated heterocycles. The number of halogens is 2. The lowest BCUT2D eigenvalue weighted by molar-refractivity contribution is -0.128. The fraction of sp³-hybridized carbons (Fsp3) is 0.211. The Morgan fingerprint density at radius 2 is 1.67 bits per heavy atom. The van der Waals surface area contributed by atoms with E-state index >= 15 is 0 Å². The van der Waals surface area contributed by atoms with Crippen LogP contribution in [0.25, 0.3) is 0 Å². The Balaban J connectivity index is 1.75. The second-order valence-corrected chi connectivity index (χ2v) is 9.03. The molecule has 1 heterocycles. The molecule has 1 aliphatic rings. The van der Waals surface area contributed by atoms with Crippen LogP contribution in [0.3, 0.4) is 0 Å². The molecule has 7 nitrogen and oxygen atoms in total. The van der Waals surface area contributed by atoms with E-state index in [9.17, 15) is 26.8 Å². The fourth-order valence-corrected chi connectivity index (χ4v) is 5.10. The maximum absolute atomic E-state index is 13.1. The number of rotatable bonds is 6. The summed E-state index contributed by atoms with van der Waals surface area (Å²) >= 11 is 0.870. The molecule has 2 aromatic carbocycles. The van der Waals surface area contributed by atoms with Gasteiger partial charge in [-0.15, -0.1) is 4.40 Å². The molecule has 1 aliphatic heterocycles. The van der Waals surface area contributed by atoms with Crippen molar-refractivity contribution in [2.45, 2.75) is 23.5 Å². The predicted molar refractivity (Wildman–Crippen MR) is 109 cm³/mol. The van der Waals surface area contributed by atoms with Crippen LogP contribution in [0.15, 0.2) is 57.8 Å². The zero-order valence-electron chi connectivity index (χ0n) is 15.7. The van der Waals surface area contributed by atoms with Crippen molar-refractivity contribution in [3.63, 3.8) is 0 Å². The third-order valence-electron chi connectivity index (χ3n) is 4.14. The second kappa shape index (κ2) is 8.92. The minimum atomic E-state index is -4.16. The number of thioether (sulfide) groups is 1. The van der Waals surface area contributed by atoms with Crippen molar-refractivity contribution in [1.82, 2.24) is 4.90 Å². The van der Waals surface area contributed by atoms with Crippen LogP contribution in [-0.2, 0) is 19.6 Å². The molecule has 1 atom stereocenters. The third kappa shape index (κ3) is 5.03. The van der Waals surface area contributed by atoms with Crippen molar-refractivity contribution in [3.05, 3.63) is 60.2 Å². The van der Waals surface area contributed by atoms with Crippen LogP contribution < -0.4 is 5.32 Å². The molecule has 2 aromatic rings. The minimum absolute atomic E-state index is 0.0496. The molecule has 0 radical (unpaired) electrons. The molecule has 11 heteroatoms. The van der Waals surface area contributed by atoms with E-state index in [4.69, 9.17) is 0 Å². The first-order chi connectivity index (χ1) is 14.2. The van der Waals surface area contributed by atoms with Crippen LogP contribution in [0.1, 0.15) is 13.3 Å². The second-order valence-electron chi connectivity index (χ2n) is 6.25. The maximum atomic E-state index is 13.1. The maximum Gasteiger partial charge on any atom is 0.284 e. The van der Waals surface area contributed by atoms with E-state index in [0.29, 0.717) is 5.69 Å². The van der Waals surface area contributed by atoms with Crippen molar-refractivity contribution < 1.29 is 26.8 Å². The standard InChI is InChI=1S/C19H17F2N3O4S2/c1-2-24-18(26)16(11-17(25)22-14-7-3-12(20)4-8-14)29-19(24)23-30(27,28)15-9-5-13(21)6-10-15/h3-10,16H,2,11H2,1H3,(H,22,25)/b23-19+. The molecule has 0 bridgehead atoms. The lowest BCUT2D eigenvalue weighted by atomic mass is 10.2. The van der Waals surface area contributed by atoms with E-state index in [-0.39, 0.29) is 23.0 Å². The Morgan fingerprint density at radius 1 is 1.10 bits per heavy atom. The summed E-state index contributed by atoms with van der Waals surface area (Å²) in [5, 5.41) is 1.66. The molecule has 1 N–H and O–H groups in total. The summed E-state index contributed by atoms with van der Waals surface area (Å²) < 4.78 is 54.7. The zero-order chi connectivity index (χ0) is 21.9. The van der Waals surface area contributed by atoms with Gasteiger partial charge in [-0.25, -0.2) is 8.78 Å². The quantitative estimate of drug-likeness (QED) is 0.726. The van der Waals surface area contributed by atoms with Gasteiger partial charge < -0.3 is 5.32 Å². The van der Waals surface area contributed by atoms with Gasteiger partial charge in [0.15, 0.2) is 5.17 Å². The summed E-state index contributed by atoms with van der Waals surface area (Å²) in [6.45, 7) is 1.82. The number of nitrogens with zero attached hydrogens (tertiary/aromatic N) is 2. The first-order valence-electron chi connectivity index (χ1n) is 8.83. The molecule has 1 unspecified atom stereocenters. The highest BCUT2D eigenvalue weighted by Gasteiger charge is 2.39. The summed E-state index contributed by atoms with van der Waals surface area (Å²) in [6.07, 6.45) is -0.215. The number of amidine groups is 1. The lowest BCUT2D eigenvalue weighted by Gasteiger charge is -2.13. The van der Waals surface area contributed by atoms with E-state index in [1.807, 2.05) is 0 Å². The summed E-state index contributed by atoms with van der Waals surface area (Å²) in [7, 11) is -4.16. The van der Waals surface area contributed by atoms with Crippen molar-refractivity contribution >= 4 is 44.5 Å². The summed E-state index contributed by atoms with van der Waals surface area (Å²) in [4.78, 5) is 25.8. The Hall–Kier alpha value is -2.79. The van der Waals surface area contributed by atoms with Gasteiger partial charge >= 0.3 is 0 Å². The number of hydrogen-bond donors (Lipinski definition) is 1. The highest BCUT2D eigenvalue weighted by molar-refractivity contribution is 8.16. The Kier molecular flexibility index (Phi) is 6.52. The number of nitrogens with one attached hydrogen (secondary N) is 1. The van der Waals surface area contributed by atoms with Gasteiger partial charge in [-0.1, -0.05) is 11.8 Å². The van der Waals surface area contributed by atoms with Gasteiger partial charge in [-0.2, -0.15) is 8.42 Å². The smallest absolute Gasteiger partial charge is 0.284 e. The van der Waals surface area contributed by atoms with Gasteiger partial charge in [-0.05, 0) is 55.5 Å². The van der Waals surface area contributed by atoms with E-state index in [1.165, 1.54) is 29.2 Å². The number of hydrogen-bond acceptors (Lipinski definition) is 5. The molecule has 0 aliphatic carbocycles. The number of amides is 2. The van der Waals surface area contributed by atoms with Crippen LogP contribution in [0.2, 0.25) is 0 Å². The lowest BCUT2D eigenvalue weighted by Crippen LogP contribution is -2.33. The van der Waals surface area contributed by atoms with E-state index in [0.717, 1.165) is 36.0 Å². The summed E-state index contributed by atoms with van der Waals surface area (Å²) in [5.41, 5.74) is 0.372.